The average molecular weight is 173 g/mol. The van der Waals surface area contributed by atoms with E-state index < -0.39 is 5.60 Å². The molecule has 0 bridgehead atoms. The van der Waals surface area contributed by atoms with Gasteiger partial charge in [0.05, 0.1) is 11.7 Å². The van der Waals surface area contributed by atoms with E-state index in [1.165, 1.54) is 0 Å². The normalized spacial score (nSPS) is 30.0. The van der Waals surface area contributed by atoms with E-state index in [1.807, 2.05) is 0 Å². The molecular formula is C9H19NO2. The van der Waals surface area contributed by atoms with E-state index in [0.717, 1.165) is 12.8 Å². The van der Waals surface area contributed by atoms with Crippen molar-refractivity contribution < 1.29 is 9.84 Å². The second-order valence-corrected chi connectivity index (χ2v) is 4.29. The minimum Gasteiger partial charge on any atom is -0.390 e. The molecule has 0 aromatic rings. The molecule has 0 unspecified atom stereocenters. The first kappa shape index (κ1) is 9.96. The van der Waals surface area contributed by atoms with Crippen LogP contribution in [0.4, 0.5) is 0 Å². The zero-order valence-electron chi connectivity index (χ0n) is 7.92. The lowest BCUT2D eigenvalue weighted by atomic mass is 9.90. The Balaban J connectivity index is 1.97. The zero-order chi connectivity index (χ0) is 9.19. The number of aliphatic hydroxyl groups is 1. The molecule has 1 aliphatic carbocycles. The zero-order valence-corrected chi connectivity index (χ0v) is 7.92. The SMILES string of the molecule is CC(C)(O)CCOC1CC(N)C1. The maximum atomic E-state index is 9.37. The highest BCUT2D eigenvalue weighted by molar-refractivity contribution is 4.83. The highest BCUT2D eigenvalue weighted by Crippen LogP contribution is 2.21. The summed E-state index contributed by atoms with van der Waals surface area (Å²) >= 11 is 0. The molecule has 1 fully saturated rings. The molecule has 3 N–H and O–H groups in total. The Morgan fingerprint density at radius 1 is 1.50 bits per heavy atom. The summed E-state index contributed by atoms with van der Waals surface area (Å²) in [6, 6.07) is 0.345. The molecule has 72 valence electrons. The first-order valence-electron chi connectivity index (χ1n) is 4.57. The number of ether oxygens (including phenoxy) is 1. The van der Waals surface area contributed by atoms with Gasteiger partial charge in [0.2, 0.25) is 0 Å². The summed E-state index contributed by atoms with van der Waals surface area (Å²) in [4.78, 5) is 0. The van der Waals surface area contributed by atoms with E-state index in [2.05, 4.69) is 0 Å². The van der Waals surface area contributed by atoms with Crippen LogP contribution in [0.25, 0.3) is 0 Å². The maximum Gasteiger partial charge on any atom is 0.0613 e. The molecule has 0 amide bonds. The lowest BCUT2D eigenvalue weighted by Gasteiger charge is -2.32. The highest BCUT2D eigenvalue weighted by atomic mass is 16.5. The number of rotatable bonds is 4. The molecule has 1 rings (SSSR count). The van der Waals surface area contributed by atoms with Gasteiger partial charge >= 0.3 is 0 Å². The van der Waals surface area contributed by atoms with Crippen LogP contribution in [0.2, 0.25) is 0 Å². The van der Waals surface area contributed by atoms with E-state index in [1.54, 1.807) is 13.8 Å². The van der Waals surface area contributed by atoms with E-state index in [0.29, 0.717) is 25.2 Å². The molecule has 12 heavy (non-hydrogen) atoms. The summed E-state index contributed by atoms with van der Waals surface area (Å²) < 4.78 is 5.48. The molecular weight excluding hydrogens is 154 g/mol. The molecule has 0 aromatic carbocycles. The summed E-state index contributed by atoms with van der Waals surface area (Å²) in [6.07, 6.45) is 3.00. The van der Waals surface area contributed by atoms with Crippen LogP contribution in [-0.4, -0.2) is 29.5 Å². The van der Waals surface area contributed by atoms with Crippen LogP contribution in [0.15, 0.2) is 0 Å². The summed E-state index contributed by atoms with van der Waals surface area (Å²) in [5.74, 6) is 0. The molecule has 0 heterocycles. The second-order valence-electron chi connectivity index (χ2n) is 4.29. The van der Waals surface area contributed by atoms with E-state index in [-0.39, 0.29) is 0 Å². The third-order valence-corrected chi connectivity index (χ3v) is 2.20. The fraction of sp³-hybridized carbons (Fsp3) is 1.00. The van der Waals surface area contributed by atoms with Crippen LogP contribution >= 0.6 is 0 Å². The summed E-state index contributed by atoms with van der Waals surface area (Å²) in [7, 11) is 0. The third kappa shape index (κ3) is 3.52. The molecule has 0 aliphatic heterocycles. The van der Waals surface area contributed by atoms with Crippen molar-refractivity contribution in [1.29, 1.82) is 0 Å². The predicted octanol–water partition coefficient (Wildman–Crippen LogP) is 0.654. The first-order chi connectivity index (χ1) is 5.47. The van der Waals surface area contributed by atoms with Crippen molar-refractivity contribution in [3.05, 3.63) is 0 Å². The van der Waals surface area contributed by atoms with E-state index in [4.69, 9.17) is 10.5 Å². The smallest absolute Gasteiger partial charge is 0.0613 e. The van der Waals surface area contributed by atoms with Crippen molar-refractivity contribution in [2.24, 2.45) is 5.73 Å². The molecule has 0 saturated heterocycles. The Labute approximate surface area is 73.9 Å². The number of nitrogens with two attached hydrogens (primary N) is 1. The molecule has 0 spiro atoms. The monoisotopic (exact) mass is 173 g/mol. The lowest BCUT2D eigenvalue weighted by molar-refractivity contribution is -0.0367. The largest absolute Gasteiger partial charge is 0.390 e. The molecule has 1 aliphatic rings. The Morgan fingerprint density at radius 3 is 2.50 bits per heavy atom. The summed E-state index contributed by atoms with van der Waals surface area (Å²) in [6.45, 7) is 4.23. The van der Waals surface area contributed by atoms with Gasteiger partial charge in [-0.3, -0.25) is 0 Å². The van der Waals surface area contributed by atoms with Crippen LogP contribution < -0.4 is 5.73 Å². The Kier molecular flexibility index (Phi) is 3.09. The quantitative estimate of drug-likeness (QED) is 0.656. The van der Waals surface area contributed by atoms with Crippen molar-refractivity contribution in [1.82, 2.24) is 0 Å². The standard InChI is InChI=1S/C9H19NO2/c1-9(2,11)3-4-12-8-5-7(10)6-8/h7-8,11H,3-6,10H2,1-2H3. The van der Waals surface area contributed by atoms with Crippen molar-refractivity contribution >= 4 is 0 Å². The highest BCUT2D eigenvalue weighted by Gasteiger charge is 2.26. The van der Waals surface area contributed by atoms with Crippen LogP contribution in [0, 0.1) is 0 Å². The number of hydrogen-bond donors (Lipinski definition) is 2. The van der Waals surface area contributed by atoms with Crippen LogP contribution in [-0.2, 0) is 4.74 Å². The van der Waals surface area contributed by atoms with Crippen LogP contribution in [0.3, 0.4) is 0 Å². The minimum absolute atomic E-state index is 0.345. The molecule has 0 atom stereocenters. The van der Waals surface area contributed by atoms with Gasteiger partial charge in [0.1, 0.15) is 0 Å². The van der Waals surface area contributed by atoms with Crippen molar-refractivity contribution in [2.45, 2.75) is 50.9 Å². The van der Waals surface area contributed by atoms with Crippen LogP contribution in [0.5, 0.6) is 0 Å². The summed E-state index contributed by atoms with van der Waals surface area (Å²) in [5.41, 5.74) is 4.99. The fourth-order valence-electron chi connectivity index (χ4n) is 1.22. The lowest BCUT2D eigenvalue weighted by Crippen LogP contribution is -2.42. The Morgan fingerprint density at radius 2 is 2.08 bits per heavy atom. The predicted molar refractivity (Wildman–Crippen MR) is 47.9 cm³/mol. The van der Waals surface area contributed by atoms with Gasteiger partial charge in [0.25, 0.3) is 0 Å². The van der Waals surface area contributed by atoms with Crippen molar-refractivity contribution in [3.63, 3.8) is 0 Å². The van der Waals surface area contributed by atoms with Gasteiger partial charge in [-0.2, -0.15) is 0 Å². The van der Waals surface area contributed by atoms with E-state index in [9.17, 15) is 5.11 Å². The van der Waals surface area contributed by atoms with Gasteiger partial charge in [0, 0.05) is 12.6 Å². The van der Waals surface area contributed by atoms with Gasteiger partial charge in [0.15, 0.2) is 0 Å². The molecule has 0 aromatic heterocycles. The van der Waals surface area contributed by atoms with Crippen LogP contribution in [0.1, 0.15) is 33.1 Å². The first-order valence-corrected chi connectivity index (χ1v) is 4.57. The summed E-state index contributed by atoms with van der Waals surface area (Å²) in [5, 5.41) is 9.37. The maximum absolute atomic E-state index is 9.37. The van der Waals surface area contributed by atoms with Gasteiger partial charge in [-0.15, -0.1) is 0 Å². The van der Waals surface area contributed by atoms with Crippen molar-refractivity contribution in [3.8, 4) is 0 Å². The van der Waals surface area contributed by atoms with Crippen molar-refractivity contribution in [2.75, 3.05) is 6.61 Å². The Bertz CT molecular complexity index is 136. The minimum atomic E-state index is -0.605. The molecule has 3 nitrogen and oxygen atoms in total. The second kappa shape index (κ2) is 3.73. The third-order valence-electron chi connectivity index (χ3n) is 2.20. The fourth-order valence-corrected chi connectivity index (χ4v) is 1.22. The Hall–Kier alpha value is -0.120. The van der Waals surface area contributed by atoms with Gasteiger partial charge in [-0.05, 0) is 33.1 Å². The van der Waals surface area contributed by atoms with E-state index >= 15 is 0 Å². The van der Waals surface area contributed by atoms with Gasteiger partial charge < -0.3 is 15.6 Å². The average Bonchev–Trinajstić information content (AvgIpc) is 1.81. The topological polar surface area (TPSA) is 55.5 Å². The van der Waals surface area contributed by atoms with Gasteiger partial charge in [-0.25, -0.2) is 0 Å². The molecule has 1 saturated carbocycles. The van der Waals surface area contributed by atoms with Gasteiger partial charge in [-0.1, -0.05) is 0 Å². The molecule has 0 radical (unpaired) electrons. The number of hydrogen-bond acceptors (Lipinski definition) is 3. The molecule has 3 heteroatoms.